The summed E-state index contributed by atoms with van der Waals surface area (Å²) in [4.78, 5) is 14.3. The summed E-state index contributed by atoms with van der Waals surface area (Å²) in [7, 11) is 4.03. The number of hydrogen-bond donors (Lipinski definition) is 2. The Morgan fingerprint density at radius 3 is 2.33 bits per heavy atom. The van der Waals surface area contributed by atoms with Crippen molar-refractivity contribution in [3.63, 3.8) is 0 Å². The van der Waals surface area contributed by atoms with Crippen LogP contribution < -0.4 is 10.6 Å². The summed E-state index contributed by atoms with van der Waals surface area (Å²) >= 11 is 0. The predicted octanol–water partition coefficient (Wildman–Crippen LogP) is 6.32. The zero-order valence-corrected chi connectivity index (χ0v) is 19.4. The van der Waals surface area contributed by atoms with Gasteiger partial charge in [-0.05, 0) is 74.8 Å². The molecule has 2 N–H and O–H groups in total. The van der Waals surface area contributed by atoms with Gasteiger partial charge in [-0.1, -0.05) is 51.8 Å². The molecule has 0 saturated heterocycles. The maximum atomic E-state index is 13.0. The van der Waals surface area contributed by atoms with E-state index in [-0.39, 0.29) is 17.9 Å². The zero-order valence-electron chi connectivity index (χ0n) is 19.4. The standard InChI is InChI=1S/C23H32FN3O.C2H6/c1-5-6-7-8-18-15-19(10-9-17(18)2)22(27(3)4)16-25-23(28)26-21-13-11-20(24)12-14-21;1-2/h9-15,22H,5-8,16H2,1-4H3,(H2,25,26,28);1-2H3. The Labute approximate surface area is 181 Å². The molecule has 0 fully saturated rings. The van der Waals surface area contributed by atoms with Crippen LogP contribution in [0.15, 0.2) is 42.5 Å². The van der Waals surface area contributed by atoms with Crippen molar-refractivity contribution in [3.8, 4) is 0 Å². The van der Waals surface area contributed by atoms with Crippen LogP contribution in [0.1, 0.15) is 62.8 Å². The zero-order chi connectivity index (χ0) is 22.5. The van der Waals surface area contributed by atoms with Crippen LogP contribution in [0.4, 0.5) is 14.9 Å². The predicted molar refractivity (Wildman–Crippen MR) is 126 cm³/mol. The Morgan fingerprint density at radius 2 is 1.73 bits per heavy atom. The van der Waals surface area contributed by atoms with Crippen molar-refractivity contribution in [2.24, 2.45) is 0 Å². The molecule has 0 saturated carbocycles. The van der Waals surface area contributed by atoms with E-state index in [4.69, 9.17) is 0 Å². The average molecular weight is 416 g/mol. The second-order valence-electron chi connectivity index (χ2n) is 7.46. The van der Waals surface area contributed by atoms with Crippen molar-refractivity contribution < 1.29 is 9.18 Å². The Balaban J connectivity index is 0.00000218. The van der Waals surface area contributed by atoms with Gasteiger partial charge in [0.2, 0.25) is 0 Å². The smallest absolute Gasteiger partial charge is 0.319 e. The first-order valence-corrected chi connectivity index (χ1v) is 11.0. The van der Waals surface area contributed by atoms with Gasteiger partial charge in [0.15, 0.2) is 0 Å². The number of carbonyl (C=O) groups is 1. The van der Waals surface area contributed by atoms with Crippen LogP contribution in [0.2, 0.25) is 0 Å². The molecular weight excluding hydrogens is 377 g/mol. The number of hydrogen-bond acceptors (Lipinski definition) is 2. The van der Waals surface area contributed by atoms with E-state index in [0.717, 1.165) is 6.42 Å². The lowest BCUT2D eigenvalue weighted by Gasteiger charge is -2.26. The number of benzene rings is 2. The number of nitrogens with zero attached hydrogens (tertiary/aromatic N) is 1. The summed E-state index contributed by atoms with van der Waals surface area (Å²) in [6.45, 7) is 8.86. The summed E-state index contributed by atoms with van der Waals surface area (Å²) in [6, 6.07) is 12.1. The highest BCUT2D eigenvalue weighted by Gasteiger charge is 2.16. The van der Waals surface area contributed by atoms with Crippen LogP contribution >= 0.6 is 0 Å². The number of rotatable bonds is 9. The number of anilines is 1. The molecule has 4 nitrogen and oxygen atoms in total. The first-order valence-electron chi connectivity index (χ1n) is 11.0. The summed E-state index contributed by atoms with van der Waals surface area (Å²) in [5, 5.41) is 5.66. The second kappa shape index (κ2) is 13.8. The van der Waals surface area contributed by atoms with Gasteiger partial charge in [0, 0.05) is 12.2 Å². The minimum atomic E-state index is -0.326. The molecule has 5 heteroatoms. The minimum Gasteiger partial charge on any atom is -0.336 e. The van der Waals surface area contributed by atoms with Crippen LogP contribution in [-0.2, 0) is 6.42 Å². The monoisotopic (exact) mass is 415 g/mol. The number of urea groups is 1. The maximum Gasteiger partial charge on any atom is 0.319 e. The Hall–Kier alpha value is -2.40. The number of amides is 2. The van der Waals surface area contributed by atoms with E-state index >= 15 is 0 Å². The molecule has 0 aliphatic heterocycles. The van der Waals surface area contributed by atoms with Gasteiger partial charge in [-0.3, -0.25) is 0 Å². The van der Waals surface area contributed by atoms with Crippen LogP contribution in [0.25, 0.3) is 0 Å². The fourth-order valence-electron chi connectivity index (χ4n) is 3.23. The minimum absolute atomic E-state index is 0.0736. The van der Waals surface area contributed by atoms with Crippen LogP contribution in [0, 0.1) is 12.7 Å². The van der Waals surface area contributed by atoms with E-state index < -0.39 is 0 Å². The van der Waals surface area contributed by atoms with Crippen molar-refractivity contribution in [2.75, 3.05) is 26.0 Å². The number of unbranched alkanes of at least 4 members (excludes halogenated alkanes) is 2. The van der Waals surface area contributed by atoms with E-state index in [2.05, 4.69) is 47.6 Å². The molecule has 166 valence electrons. The topological polar surface area (TPSA) is 44.4 Å². The number of aryl methyl sites for hydroxylation is 2. The Morgan fingerprint density at radius 1 is 1.07 bits per heavy atom. The maximum absolute atomic E-state index is 13.0. The van der Waals surface area contributed by atoms with Crippen LogP contribution in [0.3, 0.4) is 0 Å². The van der Waals surface area contributed by atoms with Crippen molar-refractivity contribution >= 4 is 11.7 Å². The molecule has 0 heterocycles. The number of carbonyl (C=O) groups excluding carboxylic acids is 1. The van der Waals surface area contributed by atoms with E-state index in [1.54, 1.807) is 12.1 Å². The Bertz CT molecular complexity index is 759. The molecule has 2 aromatic rings. The van der Waals surface area contributed by atoms with Crippen LogP contribution in [0.5, 0.6) is 0 Å². The third kappa shape index (κ3) is 8.54. The third-order valence-electron chi connectivity index (χ3n) is 4.99. The highest BCUT2D eigenvalue weighted by atomic mass is 19.1. The molecule has 0 aliphatic carbocycles. The quantitative estimate of drug-likeness (QED) is 0.471. The van der Waals surface area contributed by atoms with Gasteiger partial charge in [0.1, 0.15) is 5.82 Å². The number of halogens is 1. The molecule has 0 aromatic heterocycles. The van der Waals surface area contributed by atoms with Gasteiger partial charge in [-0.2, -0.15) is 0 Å². The molecule has 0 spiro atoms. The summed E-state index contributed by atoms with van der Waals surface area (Å²) in [5.74, 6) is -0.326. The van der Waals surface area contributed by atoms with Gasteiger partial charge in [-0.15, -0.1) is 0 Å². The summed E-state index contributed by atoms with van der Waals surface area (Å²) in [6.07, 6.45) is 4.75. The fourth-order valence-corrected chi connectivity index (χ4v) is 3.23. The van der Waals surface area contributed by atoms with E-state index in [0.29, 0.717) is 12.2 Å². The second-order valence-corrected chi connectivity index (χ2v) is 7.46. The lowest BCUT2D eigenvalue weighted by molar-refractivity contribution is 0.243. The normalized spacial score (nSPS) is 11.5. The molecule has 0 radical (unpaired) electrons. The molecule has 2 aromatic carbocycles. The van der Waals surface area contributed by atoms with Crippen molar-refractivity contribution in [2.45, 2.75) is 59.4 Å². The van der Waals surface area contributed by atoms with E-state index in [1.165, 1.54) is 48.1 Å². The first-order chi connectivity index (χ1) is 14.4. The fraction of sp³-hybridized carbons (Fsp3) is 0.480. The molecular formula is C25H38FN3O. The van der Waals surface area contributed by atoms with Gasteiger partial charge in [-0.25, -0.2) is 9.18 Å². The summed E-state index contributed by atoms with van der Waals surface area (Å²) in [5.41, 5.74) is 4.46. The van der Waals surface area contributed by atoms with Crippen molar-refractivity contribution in [1.82, 2.24) is 10.2 Å². The van der Waals surface area contributed by atoms with E-state index in [9.17, 15) is 9.18 Å². The number of likely N-dealkylation sites (N-methyl/N-ethyl adjacent to an activating group) is 1. The van der Waals surface area contributed by atoms with Gasteiger partial charge in [0.25, 0.3) is 0 Å². The molecule has 0 bridgehead atoms. The van der Waals surface area contributed by atoms with Gasteiger partial charge < -0.3 is 15.5 Å². The van der Waals surface area contributed by atoms with Crippen molar-refractivity contribution in [3.05, 3.63) is 65.0 Å². The summed E-state index contributed by atoms with van der Waals surface area (Å²) < 4.78 is 13.0. The molecule has 2 rings (SSSR count). The molecule has 1 unspecified atom stereocenters. The largest absolute Gasteiger partial charge is 0.336 e. The first kappa shape index (κ1) is 25.6. The Kier molecular flexibility index (Phi) is 11.8. The van der Waals surface area contributed by atoms with Crippen molar-refractivity contribution in [1.29, 1.82) is 0 Å². The van der Waals surface area contributed by atoms with Gasteiger partial charge in [0.05, 0.1) is 6.04 Å². The average Bonchev–Trinajstić information content (AvgIpc) is 2.73. The number of nitrogens with one attached hydrogen (secondary N) is 2. The highest BCUT2D eigenvalue weighted by molar-refractivity contribution is 5.89. The molecule has 1 atom stereocenters. The molecule has 2 amide bonds. The lowest BCUT2D eigenvalue weighted by atomic mass is 9.96. The highest BCUT2D eigenvalue weighted by Crippen LogP contribution is 2.22. The molecule has 0 aliphatic rings. The van der Waals surface area contributed by atoms with Crippen LogP contribution in [-0.4, -0.2) is 31.6 Å². The van der Waals surface area contributed by atoms with E-state index in [1.807, 2.05) is 27.9 Å². The molecule has 30 heavy (non-hydrogen) atoms. The SMILES string of the molecule is CC.CCCCCc1cc(C(CNC(=O)Nc2ccc(F)cc2)N(C)C)ccc1C. The van der Waals surface area contributed by atoms with Gasteiger partial charge >= 0.3 is 6.03 Å². The third-order valence-corrected chi connectivity index (χ3v) is 4.99. The lowest BCUT2D eigenvalue weighted by Crippen LogP contribution is -2.37.